The molecule has 0 aliphatic heterocycles. The summed E-state index contributed by atoms with van der Waals surface area (Å²) in [7, 11) is 1.94. The van der Waals surface area contributed by atoms with Gasteiger partial charge in [0.25, 0.3) is 0 Å². The summed E-state index contributed by atoms with van der Waals surface area (Å²) in [6.07, 6.45) is 2.45. The van der Waals surface area contributed by atoms with E-state index in [0.29, 0.717) is 11.5 Å². The summed E-state index contributed by atoms with van der Waals surface area (Å²) >= 11 is 0. The largest absolute Gasteiger partial charge is 0.236 e. The first kappa shape index (κ1) is 9.72. The van der Waals surface area contributed by atoms with Crippen molar-refractivity contribution in [2.45, 2.75) is 32.7 Å². The van der Waals surface area contributed by atoms with Crippen molar-refractivity contribution in [3.63, 3.8) is 0 Å². The normalized spacial score (nSPS) is 24.4. The summed E-state index contributed by atoms with van der Waals surface area (Å²) < 4.78 is 0. The molecule has 1 nitrogen and oxygen atoms in total. The van der Waals surface area contributed by atoms with Gasteiger partial charge in [0, 0.05) is 7.05 Å². The third-order valence-corrected chi connectivity index (χ3v) is 3.39. The van der Waals surface area contributed by atoms with Crippen molar-refractivity contribution in [1.82, 2.24) is 5.32 Å². The molecule has 14 heavy (non-hydrogen) atoms. The summed E-state index contributed by atoms with van der Waals surface area (Å²) in [5, 5.41) is 4.54. The minimum absolute atomic E-state index is 0.323. The fourth-order valence-electron chi connectivity index (χ4n) is 2.53. The minimum Gasteiger partial charge on any atom is -0.236 e. The summed E-state index contributed by atoms with van der Waals surface area (Å²) in [5.74, 6) is 0. The minimum atomic E-state index is 0.323. The number of hydrogen-bond acceptors (Lipinski definition) is 0. The number of aryl methyl sites for hydroxylation is 1. The quantitative estimate of drug-likeness (QED) is 0.643. The molecule has 75 valence electrons. The molecule has 1 aliphatic rings. The summed E-state index contributed by atoms with van der Waals surface area (Å²) in [4.78, 5) is 0. The fourth-order valence-corrected chi connectivity index (χ4v) is 2.53. The van der Waals surface area contributed by atoms with Crippen LogP contribution in [0, 0.1) is 5.41 Å². The van der Waals surface area contributed by atoms with Crippen molar-refractivity contribution < 1.29 is 0 Å². The molecule has 0 fully saturated rings. The van der Waals surface area contributed by atoms with Gasteiger partial charge in [0.05, 0.1) is 6.04 Å². The predicted molar refractivity (Wildman–Crippen MR) is 59.3 cm³/mol. The molecule has 1 unspecified atom stereocenters. The zero-order chi connectivity index (χ0) is 10.2. The predicted octanol–water partition coefficient (Wildman–Crippen LogP) is 2.93. The zero-order valence-electron chi connectivity index (χ0n) is 9.25. The molecule has 1 aliphatic carbocycles. The van der Waals surface area contributed by atoms with Crippen LogP contribution >= 0.6 is 0 Å². The van der Waals surface area contributed by atoms with Gasteiger partial charge in [0.15, 0.2) is 0 Å². The molecule has 1 radical (unpaired) electrons. The van der Waals surface area contributed by atoms with Crippen molar-refractivity contribution in [2.24, 2.45) is 5.41 Å². The molecule has 0 bridgehead atoms. The molecule has 0 spiro atoms. The van der Waals surface area contributed by atoms with Crippen LogP contribution in [0.4, 0.5) is 0 Å². The Bertz CT molecular complexity index is 328. The fraction of sp³-hybridized carbons (Fsp3) is 0.538. The number of rotatable bonds is 1. The molecular formula is C13H18N. The Hall–Kier alpha value is -0.820. The van der Waals surface area contributed by atoms with Gasteiger partial charge in [-0.05, 0) is 29.4 Å². The molecule has 0 heterocycles. The number of fused-ring (bicyclic) bond motifs is 1. The van der Waals surface area contributed by atoms with Crippen LogP contribution in [0.15, 0.2) is 24.3 Å². The van der Waals surface area contributed by atoms with Crippen LogP contribution < -0.4 is 5.32 Å². The summed E-state index contributed by atoms with van der Waals surface area (Å²) in [6.45, 7) is 4.64. The molecule has 0 N–H and O–H groups in total. The Labute approximate surface area is 86.5 Å². The van der Waals surface area contributed by atoms with Gasteiger partial charge in [-0.15, -0.1) is 0 Å². The lowest BCUT2D eigenvalue weighted by Crippen LogP contribution is -2.33. The van der Waals surface area contributed by atoms with Gasteiger partial charge in [-0.2, -0.15) is 0 Å². The van der Waals surface area contributed by atoms with Gasteiger partial charge in [-0.25, -0.2) is 5.32 Å². The Morgan fingerprint density at radius 1 is 1.29 bits per heavy atom. The van der Waals surface area contributed by atoms with Crippen molar-refractivity contribution >= 4 is 0 Å². The zero-order valence-corrected chi connectivity index (χ0v) is 9.25. The van der Waals surface area contributed by atoms with Crippen LogP contribution in [-0.4, -0.2) is 7.05 Å². The van der Waals surface area contributed by atoms with E-state index in [-0.39, 0.29) is 0 Å². The van der Waals surface area contributed by atoms with E-state index in [1.54, 1.807) is 0 Å². The first-order valence-electron chi connectivity index (χ1n) is 5.32. The van der Waals surface area contributed by atoms with Gasteiger partial charge < -0.3 is 0 Å². The van der Waals surface area contributed by atoms with Crippen molar-refractivity contribution in [3.05, 3.63) is 35.4 Å². The Morgan fingerprint density at radius 3 is 2.71 bits per heavy atom. The molecule has 1 aromatic rings. The molecule has 2 rings (SSSR count). The molecular weight excluding hydrogens is 170 g/mol. The van der Waals surface area contributed by atoms with E-state index in [1.165, 1.54) is 24.0 Å². The Morgan fingerprint density at radius 2 is 2.00 bits per heavy atom. The molecule has 1 atom stereocenters. The second-order valence-corrected chi connectivity index (χ2v) is 4.85. The van der Waals surface area contributed by atoms with Crippen LogP contribution in [0.1, 0.15) is 37.4 Å². The average Bonchev–Trinajstić information content (AvgIpc) is 2.17. The van der Waals surface area contributed by atoms with Crippen LogP contribution in [0.5, 0.6) is 0 Å². The van der Waals surface area contributed by atoms with E-state index in [9.17, 15) is 0 Å². The van der Waals surface area contributed by atoms with E-state index in [4.69, 9.17) is 0 Å². The lowest BCUT2D eigenvalue weighted by Gasteiger charge is -2.39. The highest BCUT2D eigenvalue weighted by atomic mass is 14.9. The SMILES string of the molecule is C[N]C1c2ccccc2CCC1(C)C. The van der Waals surface area contributed by atoms with E-state index in [1.807, 2.05) is 7.05 Å². The van der Waals surface area contributed by atoms with Gasteiger partial charge in [-0.1, -0.05) is 38.1 Å². The van der Waals surface area contributed by atoms with Crippen LogP contribution in [0.2, 0.25) is 0 Å². The Balaban J connectivity index is 2.45. The van der Waals surface area contributed by atoms with Crippen LogP contribution in [0.25, 0.3) is 0 Å². The number of hydrogen-bond donors (Lipinski definition) is 0. The first-order valence-corrected chi connectivity index (χ1v) is 5.32. The maximum atomic E-state index is 4.54. The standard InChI is InChI=1S/C13H18N/c1-13(2)9-8-10-6-4-5-7-11(10)12(13)14-3/h4-7,12H,8-9H2,1-3H3. The summed E-state index contributed by atoms with van der Waals surface area (Å²) in [6, 6.07) is 9.10. The van der Waals surface area contributed by atoms with Crippen molar-refractivity contribution in [3.8, 4) is 0 Å². The second-order valence-electron chi connectivity index (χ2n) is 4.85. The van der Waals surface area contributed by atoms with E-state index < -0.39 is 0 Å². The molecule has 1 aromatic carbocycles. The maximum absolute atomic E-state index is 4.54. The molecule has 0 amide bonds. The van der Waals surface area contributed by atoms with E-state index >= 15 is 0 Å². The molecule has 0 aromatic heterocycles. The molecule has 0 saturated carbocycles. The maximum Gasteiger partial charge on any atom is 0.0546 e. The Kier molecular flexibility index (Phi) is 2.36. The van der Waals surface area contributed by atoms with Crippen LogP contribution in [-0.2, 0) is 6.42 Å². The number of benzene rings is 1. The topological polar surface area (TPSA) is 14.1 Å². The average molecular weight is 188 g/mol. The third-order valence-electron chi connectivity index (χ3n) is 3.39. The van der Waals surface area contributed by atoms with E-state index in [0.717, 1.165) is 0 Å². The first-order chi connectivity index (χ1) is 6.65. The monoisotopic (exact) mass is 188 g/mol. The highest BCUT2D eigenvalue weighted by Crippen LogP contribution is 2.43. The van der Waals surface area contributed by atoms with Gasteiger partial charge in [0.2, 0.25) is 0 Å². The molecule has 1 heteroatoms. The molecule has 0 saturated heterocycles. The lowest BCUT2D eigenvalue weighted by atomic mass is 9.70. The number of nitrogens with zero attached hydrogens (tertiary/aromatic N) is 1. The van der Waals surface area contributed by atoms with Gasteiger partial charge >= 0.3 is 0 Å². The highest BCUT2D eigenvalue weighted by Gasteiger charge is 2.34. The van der Waals surface area contributed by atoms with E-state index in [2.05, 4.69) is 43.4 Å². The lowest BCUT2D eigenvalue weighted by molar-refractivity contribution is 0.216. The smallest absolute Gasteiger partial charge is 0.0546 e. The highest BCUT2D eigenvalue weighted by molar-refractivity contribution is 5.34. The summed E-state index contributed by atoms with van der Waals surface area (Å²) in [5.41, 5.74) is 3.25. The second kappa shape index (κ2) is 3.39. The van der Waals surface area contributed by atoms with Crippen molar-refractivity contribution in [2.75, 3.05) is 7.05 Å². The van der Waals surface area contributed by atoms with Gasteiger partial charge in [0.1, 0.15) is 0 Å². The third kappa shape index (κ3) is 1.46. The van der Waals surface area contributed by atoms with Gasteiger partial charge in [-0.3, -0.25) is 0 Å². The van der Waals surface area contributed by atoms with Crippen molar-refractivity contribution in [1.29, 1.82) is 0 Å². The van der Waals surface area contributed by atoms with Crippen LogP contribution in [0.3, 0.4) is 0 Å².